The molecular weight excluding hydrogens is 484 g/mol. The second-order valence-corrected chi connectivity index (χ2v) is 10.3. The van der Waals surface area contributed by atoms with E-state index in [0.29, 0.717) is 11.4 Å². The van der Waals surface area contributed by atoms with E-state index in [0.717, 1.165) is 50.4 Å². The van der Waals surface area contributed by atoms with Crippen LogP contribution in [-0.4, -0.2) is 33.9 Å². The van der Waals surface area contributed by atoms with Crippen LogP contribution in [0.4, 0.5) is 9.80 Å². The maximum Gasteiger partial charge on any atom is 0.379 e. The number of nitrogens with zero attached hydrogens (tertiary/aromatic N) is 2. The Kier molecular flexibility index (Phi) is 6.65. The highest BCUT2D eigenvalue weighted by molar-refractivity contribution is 7.21. The molecule has 4 aromatic rings. The van der Waals surface area contributed by atoms with E-state index < -0.39 is 17.8 Å². The van der Waals surface area contributed by atoms with Gasteiger partial charge in [0.15, 0.2) is 0 Å². The zero-order valence-electron chi connectivity index (χ0n) is 19.1. The van der Waals surface area contributed by atoms with E-state index >= 15 is 0 Å². The monoisotopic (exact) mass is 508 g/mol. The molecule has 0 radical (unpaired) electrons. The molecule has 0 unspecified atom stereocenters. The zero-order valence-corrected chi connectivity index (χ0v) is 20.8. The summed E-state index contributed by atoms with van der Waals surface area (Å²) < 4.78 is 7.99. The van der Waals surface area contributed by atoms with Crippen molar-refractivity contribution in [1.29, 1.82) is 0 Å². The fourth-order valence-corrected chi connectivity index (χ4v) is 6.79. The first-order valence-electron chi connectivity index (χ1n) is 11.5. The first-order chi connectivity index (χ1) is 17.1. The van der Waals surface area contributed by atoms with Gasteiger partial charge in [-0.2, -0.15) is 0 Å². The predicted octanol–water partition coefficient (Wildman–Crippen LogP) is 5.09. The van der Waals surface area contributed by atoms with Crippen LogP contribution < -0.4 is 10.6 Å². The molecule has 0 bridgehead atoms. The number of carbonyl (C=O) groups excluding carboxylic acids is 3. The highest BCUT2D eigenvalue weighted by Gasteiger charge is 2.30. The molecule has 0 saturated carbocycles. The molecule has 2 N–H and O–H groups in total. The number of pyridine rings is 1. The minimum absolute atomic E-state index is 0.119. The van der Waals surface area contributed by atoms with Gasteiger partial charge >= 0.3 is 12.0 Å². The smallest absolute Gasteiger partial charge is 0.379 e. The number of thiophene rings is 2. The van der Waals surface area contributed by atoms with Crippen molar-refractivity contribution < 1.29 is 19.1 Å². The van der Waals surface area contributed by atoms with Gasteiger partial charge in [0.1, 0.15) is 10.0 Å². The quantitative estimate of drug-likeness (QED) is 0.206. The molecule has 0 saturated heterocycles. The van der Waals surface area contributed by atoms with E-state index in [-0.39, 0.29) is 18.7 Å². The fraction of sp³-hybridized carbons (Fsp3) is 0.280. The van der Waals surface area contributed by atoms with Crippen molar-refractivity contribution in [3.8, 4) is 5.00 Å². The Morgan fingerprint density at radius 2 is 1.94 bits per heavy atom. The SMILES string of the molecule is CCOC(=O)C(=O)c1c(NC(=O)NCc2c(-n3cccc3)sc3cnccc23)sc2c1CCCC2. The molecule has 0 aliphatic heterocycles. The molecule has 8 nitrogen and oxygen atoms in total. The molecule has 2 amide bonds. The average Bonchev–Trinajstić information content (AvgIpc) is 3.59. The van der Waals surface area contributed by atoms with Gasteiger partial charge in [0.05, 0.1) is 16.9 Å². The van der Waals surface area contributed by atoms with Crippen molar-refractivity contribution in [2.24, 2.45) is 0 Å². The summed E-state index contributed by atoms with van der Waals surface area (Å²) in [5, 5.41) is 8.20. The summed E-state index contributed by atoms with van der Waals surface area (Å²) in [5.74, 6) is -1.59. The van der Waals surface area contributed by atoms with Gasteiger partial charge in [-0.15, -0.1) is 22.7 Å². The number of urea groups is 1. The van der Waals surface area contributed by atoms with Crippen molar-refractivity contribution in [3.05, 3.63) is 64.6 Å². The van der Waals surface area contributed by atoms with Gasteiger partial charge < -0.3 is 14.6 Å². The molecule has 0 fully saturated rings. The lowest BCUT2D eigenvalue weighted by molar-refractivity contribution is -0.137. The van der Waals surface area contributed by atoms with Crippen molar-refractivity contribution in [2.45, 2.75) is 39.2 Å². The predicted molar refractivity (Wildman–Crippen MR) is 137 cm³/mol. The third-order valence-corrected chi connectivity index (χ3v) is 8.33. The molecule has 0 spiro atoms. The highest BCUT2D eigenvalue weighted by atomic mass is 32.1. The summed E-state index contributed by atoms with van der Waals surface area (Å²) in [7, 11) is 0. The van der Waals surface area contributed by atoms with E-state index in [4.69, 9.17) is 4.74 Å². The minimum atomic E-state index is -0.892. The third-order valence-electron chi connectivity index (χ3n) is 5.93. The second-order valence-electron chi connectivity index (χ2n) is 8.12. The first kappa shape index (κ1) is 23.3. The van der Waals surface area contributed by atoms with Gasteiger partial charge in [0.25, 0.3) is 5.78 Å². The molecule has 0 aromatic carbocycles. The van der Waals surface area contributed by atoms with Crippen LogP contribution >= 0.6 is 22.7 Å². The van der Waals surface area contributed by atoms with Crippen LogP contribution in [0.1, 0.15) is 46.1 Å². The number of aryl methyl sites for hydroxylation is 1. The lowest BCUT2D eigenvalue weighted by Crippen LogP contribution is -2.29. The zero-order chi connectivity index (χ0) is 24.4. The van der Waals surface area contributed by atoms with Crippen LogP contribution in [0, 0.1) is 0 Å². The average molecular weight is 509 g/mol. The summed E-state index contributed by atoms with van der Waals surface area (Å²) in [4.78, 5) is 43.3. The van der Waals surface area contributed by atoms with E-state index in [1.165, 1.54) is 11.3 Å². The number of fused-ring (bicyclic) bond motifs is 2. The van der Waals surface area contributed by atoms with Crippen LogP contribution in [0.5, 0.6) is 0 Å². The fourth-order valence-electron chi connectivity index (χ4n) is 4.35. The Bertz CT molecular complexity index is 1400. The Hall–Kier alpha value is -3.50. The minimum Gasteiger partial charge on any atom is -0.460 e. The van der Waals surface area contributed by atoms with Crippen molar-refractivity contribution in [3.63, 3.8) is 0 Å². The van der Waals surface area contributed by atoms with Crippen LogP contribution in [0.3, 0.4) is 0 Å². The molecular formula is C25H24N4O4S2. The van der Waals surface area contributed by atoms with E-state index in [9.17, 15) is 14.4 Å². The maximum atomic E-state index is 13.0. The van der Waals surface area contributed by atoms with E-state index in [2.05, 4.69) is 15.6 Å². The van der Waals surface area contributed by atoms with E-state index in [1.54, 1.807) is 24.5 Å². The summed E-state index contributed by atoms with van der Waals surface area (Å²) in [6, 6.07) is 5.41. The van der Waals surface area contributed by atoms with Gasteiger partial charge in [0.2, 0.25) is 0 Å². The first-order valence-corrected chi connectivity index (χ1v) is 13.1. The number of ether oxygens (including phenoxy) is 1. The molecule has 1 aliphatic carbocycles. The van der Waals surface area contributed by atoms with Crippen molar-refractivity contribution in [1.82, 2.24) is 14.9 Å². The van der Waals surface area contributed by atoms with Crippen LogP contribution in [0.25, 0.3) is 15.1 Å². The lowest BCUT2D eigenvalue weighted by Gasteiger charge is -2.12. The molecule has 4 heterocycles. The highest BCUT2D eigenvalue weighted by Crippen LogP contribution is 2.39. The van der Waals surface area contributed by atoms with Crippen LogP contribution in [0.2, 0.25) is 0 Å². The molecule has 180 valence electrons. The van der Waals surface area contributed by atoms with Gasteiger partial charge in [-0.1, -0.05) is 0 Å². The van der Waals surface area contributed by atoms with Crippen molar-refractivity contribution >= 4 is 55.5 Å². The molecule has 10 heteroatoms. The normalized spacial score (nSPS) is 12.8. The summed E-state index contributed by atoms with van der Waals surface area (Å²) in [6.45, 7) is 2.07. The van der Waals surface area contributed by atoms with E-state index in [1.807, 2.05) is 41.4 Å². The number of ketones is 1. The molecule has 35 heavy (non-hydrogen) atoms. The number of rotatable bonds is 7. The van der Waals surface area contributed by atoms with Gasteiger partial charge in [-0.3, -0.25) is 15.1 Å². The number of anilines is 1. The van der Waals surface area contributed by atoms with Gasteiger partial charge in [-0.25, -0.2) is 9.59 Å². The standard InChI is InChI=1S/C25H24N4O4S2/c1-2-33-24(31)21(30)20-16-7-3-4-8-18(16)34-22(20)28-25(32)27-13-17-15-9-10-26-14-19(15)35-23(17)29-11-5-6-12-29/h5-6,9-12,14H,2-4,7-8,13H2,1H3,(H2,27,28,32). The molecule has 4 aromatic heterocycles. The Balaban J connectivity index is 1.39. The number of hydrogen-bond acceptors (Lipinski definition) is 7. The largest absolute Gasteiger partial charge is 0.460 e. The number of carbonyl (C=O) groups is 3. The maximum absolute atomic E-state index is 13.0. The number of amides is 2. The molecule has 1 aliphatic rings. The summed E-state index contributed by atoms with van der Waals surface area (Å²) in [5.41, 5.74) is 2.12. The van der Waals surface area contributed by atoms with Gasteiger partial charge in [0, 0.05) is 47.2 Å². The summed E-state index contributed by atoms with van der Waals surface area (Å²) >= 11 is 2.97. The Morgan fingerprint density at radius 1 is 1.14 bits per heavy atom. The third kappa shape index (κ3) is 4.59. The summed E-state index contributed by atoms with van der Waals surface area (Å²) in [6.07, 6.45) is 11.0. The molecule has 0 atom stereocenters. The molecule has 5 rings (SSSR count). The Labute approximate surface area is 209 Å². The van der Waals surface area contributed by atoms with Crippen molar-refractivity contribution in [2.75, 3.05) is 11.9 Å². The van der Waals surface area contributed by atoms with Crippen LogP contribution in [-0.2, 0) is 28.9 Å². The number of aromatic nitrogens is 2. The number of nitrogens with one attached hydrogen (secondary N) is 2. The Morgan fingerprint density at radius 3 is 2.74 bits per heavy atom. The topological polar surface area (TPSA) is 102 Å². The number of hydrogen-bond donors (Lipinski definition) is 2. The number of Topliss-reactive ketones (excluding diaryl/α,β-unsaturated/α-hetero) is 1. The lowest BCUT2D eigenvalue weighted by atomic mass is 9.94. The second kappa shape index (κ2) is 10.0. The van der Waals surface area contributed by atoms with Crippen LogP contribution in [0.15, 0.2) is 43.0 Å². The van der Waals surface area contributed by atoms with Gasteiger partial charge in [-0.05, 0) is 56.4 Å². The number of esters is 1.